The second kappa shape index (κ2) is 6.62. The van der Waals surface area contributed by atoms with E-state index in [9.17, 15) is 10.1 Å². The summed E-state index contributed by atoms with van der Waals surface area (Å²) >= 11 is 0. The molecule has 8 heteroatoms. The summed E-state index contributed by atoms with van der Waals surface area (Å²) in [6.45, 7) is 4.26. The third kappa shape index (κ3) is 3.05. The highest BCUT2D eigenvalue weighted by Crippen LogP contribution is 2.26. The lowest BCUT2D eigenvalue weighted by Crippen LogP contribution is -2.18. The zero-order valence-electron chi connectivity index (χ0n) is 14.5. The number of hydrogen-bond donors (Lipinski definition) is 1. The number of anilines is 2. The molecule has 26 heavy (non-hydrogen) atoms. The van der Waals surface area contributed by atoms with Crippen LogP contribution >= 0.6 is 0 Å². The number of fused-ring (bicyclic) bond motifs is 1. The number of benzene rings is 1. The Balaban J connectivity index is 1.57. The zero-order valence-corrected chi connectivity index (χ0v) is 14.5. The number of aromatic nitrogens is 3. The van der Waals surface area contributed by atoms with E-state index >= 15 is 0 Å². The van der Waals surface area contributed by atoms with Gasteiger partial charge in [-0.15, -0.1) is 0 Å². The van der Waals surface area contributed by atoms with Crippen LogP contribution in [0, 0.1) is 10.1 Å². The van der Waals surface area contributed by atoms with E-state index < -0.39 is 4.92 Å². The van der Waals surface area contributed by atoms with E-state index in [1.807, 2.05) is 0 Å². The van der Waals surface area contributed by atoms with Crippen LogP contribution in [0.25, 0.3) is 5.65 Å². The molecule has 1 N–H and O–H groups in total. The highest BCUT2D eigenvalue weighted by molar-refractivity contribution is 5.52. The van der Waals surface area contributed by atoms with E-state index in [2.05, 4.69) is 51.5 Å². The molecule has 3 aromatic rings. The lowest BCUT2D eigenvalue weighted by molar-refractivity contribution is -0.391. The third-order valence-corrected chi connectivity index (χ3v) is 4.74. The zero-order chi connectivity index (χ0) is 18.1. The Morgan fingerprint density at radius 1 is 1.23 bits per heavy atom. The molecule has 1 atom stereocenters. The molecule has 2 aromatic heterocycles. The maximum absolute atomic E-state index is 11.1. The van der Waals surface area contributed by atoms with Crippen molar-refractivity contribution in [2.24, 2.45) is 0 Å². The molecule has 0 radical (unpaired) electrons. The highest BCUT2D eigenvalue weighted by Gasteiger charge is 2.18. The van der Waals surface area contributed by atoms with Crippen molar-refractivity contribution < 1.29 is 4.92 Å². The molecule has 3 heterocycles. The van der Waals surface area contributed by atoms with Gasteiger partial charge in [-0.05, 0) is 48.5 Å². The van der Waals surface area contributed by atoms with Gasteiger partial charge in [0.1, 0.15) is 6.20 Å². The summed E-state index contributed by atoms with van der Waals surface area (Å²) in [5, 5.41) is 18.7. The topological polar surface area (TPSA) is 88.6 Å². The predicted octanol–water partition coefficient (Wildman–Crippen LogP) is 3.41. The summed E-state index contributed by atoms with van der Waals surface area (Å²) < 4.78 is 1.25. The third-order valence-electron chi connectivity index (χ3n) is 4.74. The molecule has 1 aromatic carbocycles. The van der Waals surface area contributed by atoms with Crippen LogP contribution in [-0.2, 0) is 0 Å². The number of hydrogen-bond acceptors (Lipinski definition) is 6. The Bertz CT molecular complexity index is 948. The van der Waals surface area contributed by atoms with E-state index in [0.717, 1.165) is 18.7 Å². The standard InChI is InChI=1S/C18H20N6O2/c1-13(14-5-4-6-15(11-14)22-9-2-3-10-22)20-16-7-8-17-19-12-18(24(25)26)23(17)21-16/h4-8,11-13H,2-3,9-10H2,1H3,(H,20,21). The van der Waals surface area contributed by atoms with Crippen molar-refractivity contribution in [1.82, 2.24) is 14.6 Å². The fraction of sp³-hybridized carbons (Fsp3) is 0.333. The van der Waals surface area contributed by atoms with E-state index in [4.69, 9.17) is 0 Å². The molecule has 1 aliphatic rings. The molecule has 8 nitrogen and oxygen atoms in total. The average Bonchev–Trinajstić information content (AvgIpc) is 3.31. The van der Waals surface area contributed by atoms with Gasteiger partial charge in [0.15, 0.2) is 5.82 Å². The largest absolute Gasteiger partial charge is 0.372 e. The van der Waals surface area contributed by atoms with Crippen LogP contribution in [-0.4, -0.2) is 32.6 Å². The first-order valence-electron chi connectivity index (χ1n) is 8.72. The Morgan fingerprint density at radius 3 is 2.81 bits per heavy atom. The monoisotopic (exact) mass is 352 g/mol. The number of nitro groups is 1. The smallest absolute Gasteiger partial charge is 0.368 e. The van der Waals surface area contributed by atoms with E-state index in [1.54, 1.807) is 12.1 Å². The molecule has 1 fully saturated rings. The summed E-state index contributed by atoms with van der Waals surface area (Å²) in [6, 6.07) is 12.0. The minimum Gasteiger partial charge on any atom is -0.372 e. The van der Waals surface area contributed by atoms with Crippen LogP contribution in [0.3, 0.4) is 0 Å². The van der Waals surface area contributed by atoms with Crippen LogP contribution in [0.15, 0.2) is 42.6 Å². The molecule has 4 rings (SSSR count). The van der Waals surface area contributed by atoms with Gasteiger partial charge in [-0.3, -0.25) is 0 Å². The fourth-order valence-electron chi connectivity index (χ4n) is 3.33. The molecular formula is C18H20N6O2. The van der Waals surface area contributed by atoms with E-state index in [1.165, 1.54) is 29.2 Å². The van der Waals surface area contributed by atoms with Gasteiger partial charge in [0.25, 0.3) is 0 Å². The summed E-state index contributed by atoms with van der Waals surface area (Å²) in [5.41, 5.74) is 2.84. The second-order valence-corrected chi connectivity index (χ2v) is 6.52. The quantitative estimate of drug-likeness (QED) is 0.559. The second-order valence-electron chi connectivity index (χ2n) is 6.52. The van der Waals surface area contributed by atoms with Crippen LogP contribution in [0.2, 0.25) is 0 Å². The summed E-state index contributed by atoms with van der Waals surface area (Å²) in [6.07, 6.45) is 3.70. The Labute approximate surface area is 150 Å². The van der Waals surface area contributed by atoms with Crippen molar-refractivity contribution in [3.8, 4) is 0 Å². The molecule has 0 aliphatic carbocycles. The maximum Gasteiger partial charge on any atom is 0.368 e. The van der Waals surface area contributed by atoms with Gasteiger partial charge in [0.05, 0.1) is 6.04 Å². The van der Waals surface area contributed by atoms with Crippen LogP contribution in [0.5, 0.6) is 0 Å². The van der Waals surface area contributed by atoms with Crippen molar-refractivity contribution in [1.29, 1.82) is 0 Å². The van der Waals surface area contributed by atoms with Crippen molar-refractivity contribution in [2.45, 2.75) is 25.8 Å². The van der Waals surface area contributed by atoms with Gasteiger partial charge in [0.2, 0.25) is 5.65 Å². The molecule has 0 saturated carbocycles. The Hall–Kier alpha value is -3.16. The minimum atomic E-state index is -0.486. The SMILES string of the molecule is CC(Nc1ccc2ncc([N+](=O)[O-])n2n1)c1cccc(N2CCCC2)c1. The Kier molecular flexibility index (Phi) is 4.16. The average molecular weight is 352 g/mol. The van der Waals surface area contributed by atoms with Crippen LogP contribution < -0.4 is 10.2 Å². The highest BCUT2D eigenvalue weighted by atomic mass is 16.6. The van der Waals surface area contributed by atoms with Crippen molar-refractivity contribution in [2.75, 3.05) is 23.3 Å². The molecule has 0 spiro atoms. The number of nitrogens with one attached hydrogen (secondary N) is 1. The predicted molar refractivity (Wildman–Crippen MR) is 99.6 cm³/mol. The first-order valence-corrected chi connectivity index (χ1v) is 8.72. The normalized spacial score (nSPS) is 15.3. The summed E-state index contributed by atoms with van der Waals surface area (Å²) in [5.74, 6) is 0.421. The van der Waals surface area contributed by atoms with Crippen molar-refractivity contribution in [3.63, 3.8) is 0 Å². The van der Waals surface area contributed by atoms with Crippen LogP contribution in [0.1, 0.15) is 31.4 Å². The maximum atomic E-state index is 11.1. The number of imidazole rings is 1. The van der Waals surface area contributed by atoms with Gasteiger partial charge in [-0.25, -0.2) is 4.98 Å². The van der Waals surface area contributed by atoms with Crippen molar-refractivity contribution in [3.05, 3.63) is 58.3 Å². The first kappa shape index (κ1) is 16.3. The molecule has 1 saturated heterocycles. The van der Waals surface area contributed by atoms with Gasteiger partial charge < -0.3 is 20.3 Å². The van der Waals surface area contributed by atoms with E-state index in [-0.39, 0.29) is 11.9 Å². The molecule has 0 bridgehead atoms. The minimum absolute atomic E-state index is 0.0186. The molecule has 1 aliphatic heterocycles. The Morgan fingerprint density at radius 2 is 2.04 bits per heavy atom. The summed E-state index contributed by atoms with van der Waals surface area (Å²) in [4.78, 5) is 17.0. The summed E-state index contributed by atoms with van der Waals surface area (Å²) in [7, 11) is 0. The van der Waals surface area contributed by atoms with Gasteiger partial charge in [-0.1, -0.05) is 21.7 Å². The lowest BCUT2D eigenvalue weighted by atomic mass is 10.1. The molecule has 134 valence electrons. The fourth-order valence-corrected chi connectivity index (χ4v) is 3.33. The molecule has 0 amide bonds. The van der Waals surface area contributed by atoms with E-state index in [0.29, 0.717) is 11.5 Å². The molecular weight excluding hydrogens is 332 g/mol. The first-order chi connectivity index (χ1) is 12.6. The van der Waals surface area contributed by atoms with Gasteiger partial charge in [-0.2, -0.15) is 0 Å². The number of rotatable bonds is 5. The van der Waals surface area contributed by atoms with Gasteiger partial charge >= 0.3 is 5.82 Å². The lowest BCUT2D eigenvalue weighted by Gasteiger charge is -2.20. The molecule has 1 unspecified atom stereocenters. The van der Waals surface area contributed by atoms with Crippen LogP contribution in [0.4, 0.5) is 17.3 Å². The van der Waals surface area contributed by atoms with Crippen molar-refractivity contribution >= 4 is 23.0 Å². The number of nitrogens with zero attached hydrogens (tertiary/aromatic N) is 5. The van der Waals surface area contributed by atoms with Gasteiger partial charge in [0, 0.05) is 24.8 Å².